The molecule has 0 saturated heterocycles. The van der Waals surface area contributed by atoms with Crippen LogP contribution in [0.1, 0.15) is 17.5 Å². The molecule has 0 bridgehead atoms. The van der Waals surface area contributed by atoms with Gasteiger partial charge in [-0.1, -0.05) is 54.6 Å². The van der Waals surface area contributed by atoms with Crippen molar-refractivity contribution < 1.29 is 0 Å². The first-order valence-corrected chi connectivity index (χ1v) is 8.70. The zero-order valence-electron chi connectivity index (χ0n) is 12.5. The summed E-state index contributed by atoms with van der Waals surface area (Å²) >= 11 is 1.86. The van der Waals surface area contributed by atoms with Crippen LogP contribution >= 0.6 is 11.3 Å². The summed E-state index contributed by atoms with van der Waals surface area (Å²) in [7, 11) is 0. The highest BCUT2D eigenvalue weighted by atomic mass is 32.1. The second kappa shape index (κ2) is 6.07. The van der Waals surface area contributed by atoms with Gasteiger partial charge in [-0.3, -0.25) is 4.90 Å². The van der Waals surface area contributed by atoms with Crippen molar-refractivity contribution in [3.63, 3.8) is 0 Å². The summed E-state index contributed by atoms with van der Waals surface area (Å²) in [6, 6.07) is 19.5. The van der Waals surface area contributed by atoms with E-state index in [0.29, 0.717) is 0 Å². The number of fused-ring (bicyclic) bond motifs is 1. The lowest BCUT2D eigenvalue weighted by Gasteiger charge is -2.26. The Morgan fingerprint density at radius 1 is 0.955 bits per heavy atom. The van der Waals surface area contributed by atoms with Gasteiger partial charge in [-0.25, -0.2) is 0 Å². The molecular formula is C20H19NS. The molecule has 2 aromatic carbocycles. The van der Waals surface area contributed by atoms with Crippen LogP contribution in [-0.2, 0) is 6.54 Å². The van der Waals surface area contributed by atoms with Gasteiger partial charge < -0.3 is 0 Å². The Morgan fingerprint density at radius 2 is 1.77 bits per heavy atom. The summed E-state index contributed by atoms with van der Waals surface area (Å²) in [5, 5.41) is 3.74. The Labute approximate surface area is 135 Å². The number of thiophene rings is 1. The van der Waals surface area contributed by atoms with Crippen LogP contribution in [0.25, 0.3) is 15.7 Å². The van der Waals surface area contributed by atoms with Crippen molar-refractivity contribution in [1.29, 1.82) is 0 Å². The fraction of sp³-hybridized carbons (Fsp3) is 0.200. The van der Waals surface area contributed by atoms with Gasteiger partial charge in [-0.15, -0.1) is 11.3 Å². The van der Waals surface area contributed by atoms with E-state index in [2.05, 4.69) is 71.0 Å². The second-order valence-corrected chi connectivity index (χ2v) is 6.76. The van der Waals surface area contributed by atoms with Gasteiger partial charge >= 0.3 is 0 Å². The van der Waals surface area contributed by atoms with Crippen molar-refractivity contribution in [2.24, 2.45) is 0 Å². The molecule has 1 aliphatic heterocycles. The molecule has 4 rings (SSSR count). The monoisotopic (exact) mass is 305 g/mol. The number of benzene rings is 2. The van der Waals surface area contributed by atoms with Crippen molar-refractivity contribution in [3.05, 3.63) is 77.2 Å². The van der Waals surface area contributed by atoms with E-state index in [0.717, 1.165) is 26.1 Å². The average molecular weight is 305 g/mol. The van der Waals surface area contributed by atoms with Gasteiger partial charge in [0.05, 0.1) is 0 Å². The molecule has 0 radical (unpaired) electrons. The summed E-state index contributed by atoms with van der Waals surface area (Å²) in [5.41, 5.74) is 4.36. The summed E-state index contributed by atoms with van der Waals surface area (Å²) in [5.74, 6) is 0. The third kappa shape index (κ3) is 2.72. The topological polar surface area (TPSA) is 3.24 Å². The molecule has 1 aromatic heterocycles. The second-order valence-electron chi connectivity index (χ2n) is 5.85. The molecule has 0 aliphatic carbocycles. The minimum Gasteiger partial charge on any atom is -0.295 e. The lowest BCUT2D eigenvalue weighted by atomic mass is 9.98. The first kappa shape index (κ1) is 13.7. The van der Waals surface area contributed by atoms with E-state index in [1.165, 1.54) is 26.8 Å². The maximum absolute atomic E-state index is 2.52. The molecule has 2 heterocycles. The van der Waals surface area contributed by atoms with Crippen molar-refractivity contribution >= 4 is 27.0 Å². The normalized spacial score (nSPS) is 15.9. The van der Waals surface area contributed by atoms with Gasteiger partial charge in [0.25, 0.3) is 0 Å². The SMILES string of the molecule is C1=C(c2csc3ccccc23)CCN(Cc2ccccc2)C1. The van der Waals surface area contributed by atoms with Crippen molar-refractivity contribution in [2.75, 3.05) is 13.1 Å². The highest BCUT2D eigenvalue weighted by Crippen LogP contribution is 2.33. The largest absolute Gasteiger partial charge is 0.295 e. The Morgan fingerprint density at radius 3 is 2.59 bits per heavy atom. The van der Waals surface area contributed by atoms with Gasteiger partial charge in [-0.05, 0) is 40.0 Å². The van der Waals surface area contributed by atoms with Gasteiger partial charge in [0.15, 0.2) is 0 Å². The predicted octanol–water partition coefficient (Wildman–Crippen LogP) is 5.19. The van der Waals surface area contributed by atoms with Crippen LogP contribution in [0.15, 0.2) is 66.1 Å². The van der Waals surface area contributed by atoms with Gasteiger partial charge in [-0.2, -0.15) is 0 Å². The molecule has 3 aromatic rings. The molecule has 110 valence electrons. The first-order chi connectivity index (χ1) is 10.9. The van der Waals surface area contributed by atoms with Crippen LogP contribution in [0, 0.1) is 0 Å². The van der Waals surface area contributed by atoms with Crippen LogP contribution in [0.5, 0.6) is 0 Å². The maximum atomic E-state index is 2.52. The van der Waals surface area contributed by atoms with E-state index in [1.54, 1.807) is 0 Å². The highest BCUT2D eigenvalue weighted by molar-refractivity contribution is 7.17. The van der Waals surface area contributed by atoms with E-state index < -0.39 is 0 Å². The summed E-state index contributed by atoms with van der Waals surface area (Å²) in [6.45, 7) is 3.24. The number of hydrogen-bond donors (Lipinski definition) is 0. The molecule has 0 N–H and O–H groups in total. The van der Waals surface area contributed by atoms with Gasteiger partial charge in [0.2, 0.25) is 0 Å². The Hall–Kier alpha value is -1.90. The molecule has 2 heteroatoms. The average Bonchev–Trinajstić information content (AvgIpc) is 3.01. The van der Waals surface area contributed by atoms with Crippen molar-refractivity contribution in [2.45, 2.75) is 13.0 Å². The van der Waals surface area contributed by atoms with Crippen LogP contribution in [0.4, 0.5) is 0 Å². The van der Waals surface area contributed by atoms with E-state index >= 15 is 0 Å². The summed E-state index contributed by atoms with van der Waals surface area (Å²) in [6.07, 6.45) is 3.56. The zero-order chi connectivity index (χ0) is 14.8. The van der Waals surface area contributed by atoms with Crippen LogP contribution in [0.3, 0.4) is 0 Å². The molecule has 0 unspecified atom stereocenters. The van der Waals surface area contributed by atoms with E-state index in [4.69, 9.17) is 0 Å². The Bertz CT molecular complexity index is 801. The van der Waals surface area contributed by atoms with Crippen LogP contribution < -0.4 is 0 Å². The Kier molecular flexibility index (Phi) is 3.79. The molecular weight excluding hydrogens is 286 g/mol. The molecule has 22 heavy (non-hydrogen) atoms. The fourth-order valence-corrected chi connectivity index (χ4v) is 4.15. The standard InChI is InChI=1S/C20H19NS/c1-2-6-16(7-3-1)14-21-12-10-17(11-13-21)19-15-22-20-9-5-4-8-18(19)20/h1-10,15H,11-14H2. The van der Waals surface area contributed by atoms with Crippen molar-refractivity contribution in [1.82, 2.24) is 4.90 Å². The van der Waals surface area contributed by atoms with E-state index in [9.17, 15) is 0 Å². The first-order valence-electron chi connectivity index (χ1n) is 7.82. The molecule has 0 amide bonds. The lowest BCUT2D eigenvalue weighted by Crippen LogP contribution is -2.27. The third-order valence-corrected chi connectivity index (χ3v) is 5.33. The molecule has 1 nitrogen and oxygen atoms in total. The molecule has 0 spiro atoms. The smallest absolute Gasteiger partial charge is 0.0349 e. The molecule has 0 saturated carbocycles. The minimum atomic E-state index is 1.05. The van der Waals surface area contributed by atoms with E-state index in [-0.39, 0.29) is 0 Å². The van der Waals surface area contributed by atoms with Gasteiger partial charge in [0, 0.05) is 24.3 Å². The third-order valence-electron chi connectivity index (χ3n) is 4.37. The maximum Gasteiger partial charge on any atom is 0.0349 e. The highest BCUT2D eigenvalue weighted by Gasteiger charge is 2.15. The summed E-state index contributed by atoms with van der Waals surface area (Å²) in [4.78, 5) is 2.52. The zero-order valence-corrected chi connectivity index (χ0v) is 13.4. The molecule has 0 fully saturated rings. The fourth-order valence-electron chi connectivity index (χ4n) is 3.17. The Balaban J connectivity index is 1.52. The predicted molar refractivity (Wildman–Crippen MR) is 96.1 cm³/mol. The quantitative estimate of drug-likeness (QED) is 0.643. The number of hydrogen-bond acceptors (Lipinski definition) is 2. The van der Waals surface area contributed by atoms with Gasteiger partial charge in [0.1, 0.15) is 0 Å². The molecule has 1 aliphatic rings. The number of nitrogens with zero attached hydrogens (tertiary/aromatic N) is 1. The minimum absolute atomic E-state index is 1.05. The van der Waals surface area contributed by atoms with Crippen LogP contribution in [0.2, 0.25) is 0 Å². The van der Waals surface area contributed by atoms with Crippen molar-refractivity contribution in [3.8, 4) is 0 Å². The van der Waals surface area contributed by atoms with E-state index in [1.807, 2.05) is 11.3 Å². The van der Waals surface area contributed by atoms with Crippen LogP contribution in [-0.4, -0.2) is 18.0 Å². The molecule has 0 atom stereocenters. The lowest BCUT2D eigenvalue weighted by molar-refractivity contribution is 0.294. The number of rotatable bonds is 3. The summed E-state index contributed by atoms with van der Waals surface area (Å²) < 4.78 is 1.39.